The van der Waals surface area contributed by atoms with Gasteiger partial charge in [0.1, 0.15) is 12.2 Å². The predicted molar refractivity (Wildman–Crippen MR) is 103 cm³/mol. The Morgan fingerprint density at radius 2 is 1.78 bits per heavy atom. The highest BCUT2D eigenvalue weighted by Gasteiger charge is 2.37. The molecule has 4 atom stereocenters. The first-order valence-corrected chi connectivity index (χ1v) is 9.13. The summed E-state index contributed by atoms with van der Waals surface area (Å²) in [6.07, 6.45) is -2.94. The summed E-state index contributed by atoms with van der Waals surface area (Å²) in [4.78, 5) is 0. The molecule has 6 heteroatoms. The molecule has 1 heterocycles. The molecule has 0 saturated carbocycles. The van der Waals surface area contributed by atoms with Crippen molar-refractivity contribution in [3.05, 3.63) is 71.3 Å². The summed E-state index contributed by atoms with van der Waals surface area (Å²) in [5, 5.41) is 40.9. The standard InChI is InChI=1S/C21H26N2O4/c22-18(12-23-11-14-4-2-1-3-5-14)15-6-8-16(9-7-15)21-20(26)19(25)10-17(13-24)27-21/h1-9,17,19-26H,10-13H2. The summed E-state index contributed by atoms with van der Waals surface area (Å²) < 4.78 is 5.69. The Kier molecular flexibility index (Phi) is 6.71. The lowest BCUT2D eigenvalue weighted by Crippen LogP contribution is -2.44. The summed E-state index contributed by atoms with van der Waals surface area (Å²) in [6.45, 7) is 0.946. The maximum Gasteiger partial charge on any atom is 0.111 e. The van der Waals surface area contributed by atoms with Crippen LogP contribution in [0.1, 0.15) is 29.2 Å². The first-order valence-electron chi connectivity index (χ1n) is 9.13. The Hall–Kier alpha value is -2.09. The van der Waals surface area contributed by atoms with Crippen LogP contribution in [0.4, 0.5) is 0 Å². The molecule has 6 nitrogen and oxygen atoms in total. The van der Waals surface area contributed by atoms with Crippen LogP contribution in [-0.2, 0) is 11.3 Å². The zero-order chi connectivity index (χ0) is 19.2. The highest BCUT2D eigenvalue weighted by atomic mass is 16.5. The van der Waals surface area contributed by atoms with Crippen molar-refractivity contribution in [3.8, 4) is 0 Å². The minimum absolute atomic E-state index is 0.198. The van der Waals surface area contributed by atoms with Crippen molar-refractivity contribution in [2.75, 3.05) is 13.2 Å². The molecule has 3 rings (SSSR count). The molecule has 0 amide bonds. The second-order valence-electron chi connectivity index (χ2n) is 6.84. The first-order chi connectivity index (χ1) is 13.1. The van der Waals surface area contributed by atoms with E-state index in [0.29, 0.717) is 24.4 Å². The van der Waals surface area contributed by atoms with Gasteiger partial charge in [-0.15, -0.1) is 0 Å². The average molecular weight is 370 g/mol. The molecule has 1 aliphatic rings. The number of hydrogen-bond donors (Lipinski definition) is 5. The molecule has 2 aromatic carbocycles. The average Bonchev–Trinajstić information content (AvgIpc) is 2.71. The summed E-state index contributed by atoms with van der Waals surface area (Å²) in [6, 6.07) is 17.2. The lowest BCUT2D eigenvalue weighted by Gasteiger charge is -2.36. The Morgan fingerprint density at radius 3 is 2.44 bits per heavy atom. The van der Waals surface area contributed by atoms with E-state index in [4.69, 9.17) is 10.1 Å². The lowest BCUT2D eigenvalue weighted by molar-refractivity contribution is -0.179. The van der Waals surface area contributed by atoms with Gasteiger partial charge in [-0.1, -0.05) is 54.6 Å². The number of nitrogens with one attached hydrogen (secondary N) is 2. The number of ether oxygens (including phenoxy) is 1. The van der Waals surface area contributed by atoms with E-state index in [-0.39, 0.29) is 13.0 Å². The first kappa shape index (κ1) is 19.7. The molecule has 0 bridgehead atoms. The van der Waals surface area contributed by atoms with Crippen molar-refractivity contribution in [1.29, 1.82) is 5.41 Å². The van der Waals surface area contributed by atoms with Gasteiger partial charge in [-0.05, 0) is 16.7 Å². The number of aliphatic hydroxyl groups excluding tert-OH is 3. The van der Waals surface area contributed by atoms with Crippen LogP contribution in [0.3, 0.4) is 0 Å². The van der Waals surface area contributed by atoms with Gasteiger partial charge in [0.2, 0.25) is 0 Å². The Morgan fingerprint density at radius 1 is 1.07 bits per heavy atom. The van der Waals surface area contributed by atoms with Gasteiger partial charge in [0, 0.05) is 19.5 Å². The van der Waals surface area contributed by atoms with Crippen molar-refractivity contribution < 1.29 is 20.1 Å². The molecule has 0 spiro atoms. The molecule has 27 heavy (non-hydrogen) atoms. The van der Waals surface area contributed by atoms with Crippen molar-refractivity contribution in [2.45, 2.75) is 37.4 Å². The molecule has 0 radical (unpaired) electrons. The number of benzene rings is 2. The monoisotopic (exact) mass is 370 g/mol. The SMILES string of the molecule is N=C(CNCc1ccccc1)c1ccc(C2OC(CO)CC(O)C2O)cc1. The molecule has 1 fully saturated rings. The Labute approximate surface area is 158 Å². The largest absolute Gasteiger partial charge is 0.394 e. The molecular formula is C21H26N2O4. The zero-order valence-electron chi connectivity index (χ0n) is 15.1. The van der Waals surface area contributed by atoms with Crippen molar-refractivity contribution in [2.24, 2.45) is 0 Å². The number of hydrogen-bond acceptors (Lipinski definition) is 6. The van der Waals surface area contributed by atoms with Crippen LogP contribution in [0.2, 0.25) is 0 Å². The number of rotatable bonds is 7. The van der Waals surface area contributed by atoms with Crippen LogP contribution < -0.4 is 5.32 Å². The molecule has 1 saturated heterocycles. The summed E-state index contributed by atoms with van der Waals surface area (Å²) in [5.74, 6) is 0. The minimum atomic E-state index is -1.04. The van der Waals surface area contributed by atoms with E-state index in [2.05, 4.69) is 5.32 Å². The predicted octanol–water partition coefficient (Wildman–Crippen LogP) is 1.39. The lowest BCUT2D eigenvalue weighted by atomic mass is 9.92. The van der Waals surface area contributed by atoms with Crippen molar-refractivity contribution in [1.82, 2.24) is 5.32 Å². The van der Waals surface area contributed by atoms with Crippen LogP contribution in [0, 0.1) is 5.41 Å². The van der Waals surface area contributed by atoms with Crippen LogP contribution in [0.5, 0.6) is 0 Å². The maximum atomic E-state index is 10.2. The van der Waals surface area contributed by atoms with Gasteiger partial charge < -0.3 is 30.8 Å². The third-order valence-corrected chi connectivity index (χ3v) is 4.81. The van der Waals surface area contributed by atoms with E-state index in [0.717, 1.165) is 5.56 Å². The molecule has 0 aliphatic carbocycles. The van der Waals surface area contributed by atoms with Gasteiger partial charge in [0.05, 0.1) is 24.5 Å². The zero-order valence-corrected chi connectivity index (χ0v) is 15.1. The summed E-state index contributed by atoms with van der Waals surface area (Å²) in [7, 11) is 0. The van der Waals surface area contributed by atoms with Crippen molar-refractivity contribution >= 4 is 5.71 Å². The van der Waals surface area contributed by atoms with E-state index in [1.54, 1.807) is 12.1 Å². The Balaban J connectivity index is 1.58. The van der Waals surface area contributed by atoms with E-state index < -0.39 is 24.4 Å². The molecule has 0 aromatic heterocycles. The smallest absolute Gasteiger partial charge is 0.111 e. The van der Waals surface area contributed by atoms with E-state index in [1.807, 2.05) is 42.5 Å². The second kappa shape index (κ2) is 9.21. The topological polar surface area (TPSA) is 106 Å². The second-order valence-corrected chi connectivity index (χ2v) is 6.84. The number of aliphatic hydroxyl groups is 3. The van der Waals surface area contributed by atoms with Crippen LogP contribution in [0.25, 0.3) is 0 Å². The van der Waals surface area contributed by atoms with E-state index >= 15 is 0 Å². The molecule has 4 unspecified atom stereocenters. The summed E-state index contributed by atoms with van der Waals surface area (Å²) in [5.41, 5.74) is 3.13. The minimum Gasteiger partial charge on any atom is -0.394 e. The third kappa shape index (κ3) is 5.00. The van der Waals surface area contributed by atoms with Gasteiger partial charge in [-0.2, -0.15) is 0 Å². The van der Waals surface area contributed by atoms with Crippen LogP contribution >= 0.6 is 0 Å². The third-order valence-electron chi connectivity index (χ3n) is 4.81. The molecular weight excluding hydrogens is 344 g/mol. The molecule has 1 aliphatic heterocycles. The Bertz CT molecular complexity index is 736. The van der Waals surface area contributed by atoms with Gasteiger partial charge in [-0.25, -0.2) is 0 Å². The van der Waals surface area contributed by atoms with E-state index in [9.17, 15) is 15.3 Å². The van der Waals surface area contributed by atoms with Gasteiger partial charge in [0.25, 0.3) is 0 Å². The van der Waals surface area contributed by atoms with Crippen LogP contribution in [0.15, 0.2) is 54.6 Å². The van der Waals surface area contributed by atoms with Gasteiger partial charge >= 0.3 is 0 Å². The maximum absolute atomic E-state index is 10.2. The molecule has 144 valence electrons. The van der Waals surface area contributed by atoms with E-state index in [1.165, 1.54) is 5.56 Å². The van der Waals surface area contributed by atoms with Gasteiger partial charge in [-0.3, -0.25) is 0 Å². The quantitative estimate of drug-likeness (QED) is 0.474. The van der Waals surface area contributed by atoms with Gasteiger partial charge in [0.15, 0.2) is 0 Å². The fourth-order valence-electron chi connectivity index (χ4n) is 3.25. The molecule has 2 aromatic rings. The molecule has 5 N–H and O–H groups in total. The fourth-order valence-corrected chi connectivity index (χ4v) is 3.25. The van der Waals surface area contributed by atoms with Crippen LogP contribution in [-0.4, -0.2) is 52.5 Å². The normalized spacial score (nSPS) is 25.3. The fraction of sp³-hybridized carbons (Fsp3) is 0.381. The highest BCUT2D eigenvalue weighted by molar-refractivity contribution is 5.99. The highest BCUT2D eigenvalue weighted by Crippen LogP contribution is 2.32. The summed E-state index contributed by atoms with van der Waals surface area (Å²) >= 11 is 0. The van der Waals surface area contributed by atoms with Crippen molar-refractivity contribution in [3.63, 3.8) is 0 Å².